The number of benzene rings is 2. The third kappa shape index (κ3) is 3.67. The molecular weight excluding hydrogens is 460 g/mol. The number of ether oxygens (including phenoxy) is 1. The van der Waals surface area contributed by atoms with E-state index in [-0.39, 0.29) is 23.4 Å². The zero-order valence-corrected chi connectivity index (χ0v) is 18.3. The number of fused-ring (bicyclic) bond motifs is 1. The summed E-state index contributed by atoms with van der Waals surface area (Å²) in [6.45, 7) is 1.17. The Labute approximate surface area is 192 Å². The van der Waals surface area contributed by atoms with Crippen LogP contribution in [-0.2, 0) is 6.42 Å². The number of rotatable bonds is 4. The quantitative estimate of drug-likeness (QED) is 0.533. The van der Waals surface area contributed by atoms with Crippen molar-refractivity contribution in [3.05, 3.63) is 74.0 Å². The Bertz CT molecular complexity index is 1240. The topological polar surface area (TPSA) is 90.7 Å². The van der Waals surface area contributed by atoms with E-state index >= 15 is 0 Å². The molecule has 3 atom stereocenters. The first-order chi connectivity index (χ1) is 15.3. The average molecular weight is 480 g/mol. The summed E-state index contributed by atoms with van der Waals surface area (Å²) in [5.41, 5.74) is 1.33. The van der Waals surface area contributed by atoms with Crippen LogP contribution in [0.5, 0.6) is 11.6 Å². The number of aromatic amines is 1. The molecule has 1 aliphatic carbocycles. The number of aromatic nitrogens is 2. The highest BCUT2D eigenvalue weighted by atomic mass is 35.5. The van der Waals surface area contributed by atoms with Crippen molar-refractivity contribution in [3.8, 4) is 17.3 Å². The lowest BCUT2D eigenvalue weighted by Crippen LogP contribution is -2.39. The van der Waals surface area contributed by atoms with Crippen molar-refractivity contribution >= 4 is 23.2 Å². The van der Waals surface area contributed by atoms with Gasteiger partial charge in [0, 0.05) is 34.8 Å². The first-order valence-corrected chi connectivity index (χ1v) is 10.9. The number of imidazole rings is 1. The van der Waals surface area contributed by atoms with Gasteiger partial charge in [0.25, 0.3) is 0 Å². The molecule has 2 aromatic carbocycles. The minimum atomic E-state index is -0.612. The largest absolute Gasteiger partial charge is 0.493 e. The number of nitrogens with zero attached hydrogens (tertiary/aromatic N) is 2. The Morgan fingerprint density at radius 2 is 2.03 bits per heavy atom. The summed E-state index contributed by atoms with van der Waals surface area (Å²) in [5, 5.41) is 21.0. The van der Waals surface area contributed by atoms with Crippen LogP contribution in [0.25, 0.3) is 5.69 Å². The van der Waals surface area contributed by atoms with Crippen LogP contribution in [0, 0.1) is 5.82 Å². The second-order valence-corrected chi connectivity index (χ2v) is 8.95. The van der Waals surface area contributed by atoms with Gasteiger partial charge in [-0.25, -0.2) is 13.8 Å². The Balaban J connectivity index is 1.55. The van der Waals surface area contributed by atoms with Gasteiger partial charge in [-0.05, 0) is 42.7 Å². The van der Waals surface area contributed by atoms with E-state index in [1.165, 1.54) is 18.2 Å². The molecule has 3 N–H and O–H groups in total. The Hall–Kier alpha value is -2.52. The monoisotopic (exact) mass is 479 g/mol. The van der Waals surface area contributed by atoms with Gasteiger partial charge in [0.2, 0.25) is 5.88 Å². The molecule has 0 spiro atoms. The van der Waals surface area contributed by atoms with Crippen LogP contribution in [0.2, 0.25) is 10.0 Å². The number of aliphatic hydroxyl groups is 1. The molecule has 1 fully saturated rings. The first-order valence-electron chi connectivity index (χ1n) is 10.2. The fourth-order valence-corrected chi connectivity index (χ4v) is 5.20. The summed E-state index contributed by atoms with van der Waals surface area (Å²) in [7, 11) is 0. The summed E-state index contributed by atoms with van der Waals surface area (Å²) >= 11 is 12.7. The van der Waals surface area contributed by atoms with E-state index < -0.39 is 23.7 Å². The second-order valence-electron chi connectivity index (χ2n) is 8.10. The molecule has 1 aliphatic heterocycles. The van der Waals surface area contributed by atoms with Gasteiger partial charge in [-0.1, -0.05) is 23.2 Å². The SMILES string of the molecule is O=c1[nH]cc(O)n1-c1ccc(F)c(O[C@H]2c3cc(Cl)cc(Cl)c3C[C@@H]2N2CC[C@@H](O)C2)c1. The molecule has 0 radical (unpaired) electrons. The van der Waals surface area contributed by atoms with E-state index in [1.54, 1.807) is 12.1 Å². The molecule has 32 heavy (non-hydrogen) atoms. The maximum absolute atomic E-state index is 14.8. The van der Waals surface area contributed by atoms with Crippen LogP contribution in [0.3, 0.4) is 0 Å². The third-order valence-electron chi connectivity index (χ3n) is 6.11. The molecule has 1 aromatic heterocycles. The molecule has 7 nitrogen and oxygen atoms in total. The predicted molar refractivity (Wildman–Crippen MR) is 118 cm³/mol. The molecule has 0 bridgehead atoms. The fraction of sp³-hybridized carbons (Fsp3) is 0.318. The molecule has 1 saturated heterocycles. The summed E-state index contributed by atoms with van der Waals surface area (Å²) in [4.78, 5) is 16.5. The molecule has 5 rings (SSSR count). The van der Waals surface area contributed by atoms with Crippen LogP contribution >= 0.6 is 23.2 Å². The Morgan fingerprint density at radius 1 is 1.22 bits per heavy atom. The normalized spacial score (nSPS) is 22.9. The van der Waals surface area contributed by atoms with Crippen molar-refractivity contribution in [3.63, 3.8) is 0 Å². The van der Waals surface area contributed by atoms with Crippen molar-refractivity contribution in [1.29, 1.82) is 0 Å². The number of H-pyrrole nitrogens is 1. The van der Waals surface area contributed by atoms with Gasteiger partial charge in [0.1, 0.15) is 6.10 Å². The van der Waals surface area contributed by atoms with E-state index in [2.05, 4.69) is 9.88 Å². The van der Waals surface area contributed by atoms with Gasteiger partial charge in [0.05, 0.1) is 24.0 Å². The minimum absolute atomic E-state index is 0.0753. The lowest BCUT2D eigenvalue weighted by molar-refractivity contribution is 0.0790. The molecule has 10 heteroatoms. The van der Waals surface area contributed by atoms with Gasteiger partial charge in [0.15, 0.2) is 11.6 Å². The molecule has 2 aliphatic rings. The van der Waals surface area contributed by atoms with Crippen LogP contribution in [-0.4, -0.2) is 49.9 Å². The Kier molecular flexibility index (Phi) is 5.41. The van der Waals surface area contributed by atoms with Gasteiger partial charge in [-0.15, -0.1) is 0 Å². The predicted octanol–water partition coefficient (Wildman–Crippen LogP) is 3.43. The number of hydrogen-bond donors (Lipinski definition) is 3. The van der Waals surface area contributed by atoms with Gasteiger partial charge in [-0.3, -0.25) is 4.90 Å². The number of aliphatic hydroxyl groups excluding tert-OH is 1. The molecule has 3 aromatic rings. The lowest BCUT2D eigenvalue weighted by atomic mass is 10.1. The standard InChI is InChI=1S/C22H20Cl2FN3O4/c23-11-5-15-14(16(24)6-11)8-18(27-4-3-13(29)10-27)21(15)32-19-7-12(1-2-17(19)25)28-20(30)9-26-22(28)31/h1-2,5-7,9,13,18,21,29-30H,3-4,8,10H2,(H,26,31)/t13-,18+,21+/m1/s1. The van der Waals surface area contributed by atoms with Gasteiger partial charge >= 0.3 is 5.69 Å². The molecular formula is C22H20Cl2FN3O4. The van der Waals surface area contributed by atoms with Crippen molar-refractivity contribution < 1.29 is 19.3 Å². The van der Waals surface area contributed by atoms with Crippen molar-refractivity contribution in [2.45, 2.75) is 31.1 Å². The second kappa shape index (κ2) is 8.12. The minimum Gasteiger partial charge on any atom is -0.493 e. The average Bonchev–Trinajstić information content (AvgIpc) is 3.42. The summed E-state index contributed by atoms with van der Waals surface area (Å²) in [5.74, 6) is -0.992. The summed E-state index contributed by atoms with van der Waals surface area (Å²) < 4.78 is 22.0. The maximum Gasteiger partial charge on any atom is 0.333 e. The van der Waals surface area contributed by atoms with Crippen LogP contribution < -0.4 is 10.4 Å². The molecule has 0 saturated carbocycles. The Morgan fingerprint density at radius 3 is 2.72 bits per heavy atom. The highest BCUT2D eigenvalue weighted by Gasteiger charge is 2.42. The summed E-state index contributed by atoms with van der Waals surface area (Å²) in [6.07, 6.45) is 1.35. The van der Waals surface area contributed by atoms with E-state index in [9.17, 15) is 19.4 Å². The van der Waals surface area contributed by atoms with Gasteiger partial charge in [-0.2, -0.15) is 0 Å². The van der Waals surface area contributed by atoms with Crippen LogP contribution in [0.1, 0.15) is 23.7 Å². The van der Waals surface area contributed by atoms with E-state index in [1.807, 2.05) is 0 Å². The number of hydrogen-bond acceptors (Lipinski definition) is 5. The highest BCUT2D eigenvalue weighted by molar-refractivity contribution is 6.35. The molecule has 2 heterocycles. The van der Waals surface area contributed by atoms with Crippen LogP contribution in [0.4, 0.5) is 4.39 Å². The van der Waals surface area contributed by atoms with Gasteiger partial charge < -0.3 is 19.9 Å². The fourth-order valence-electron chi connectivity index (χ4n) is 4.62. The third-order valence-corrected chi connectivity index (χ3v) is 6.67. The molecule has 0 unspecified atom stereocenters. The zero-order chi connectivity index (χ0) is 22.6. The van der Waals surface area contributed by atoms with E-state index in [0.29, 0.717) is 36.0 Å². The van der Waals surface area contributed by atoms with E-state index in [4.69, 9.17) is 27.9 Å². The molecule has 168 valence electrons. The van der Waals surface area contributed by atoms with Crippen molar-refractivity contribution in [2.24, 2.45) is 0 Å². The molecule has 0 amide bonds. The van der Waals surface area contributed by atoms with Crippen molar-refractivity contribution in [1.82, 2.24) is 14.5 Å². The number of β-amino-alcohol motifs (C(OH)–C–C–N with tert-alkyl or cyclic N) is 1. The lowest BCUT2D eigenvalue weighted by Gasteiger charge is -2.30. The number of likely N-dealkylation sites (tertiary alicyclic amines) is 1. The first kappa shape index (κ1) is 21.3. The van der Waals surface area contributed by atoms with Crippen molar-refractivity contribution in [2.75, 3.05) is 13.1 Å². The number of aromatic hydroxyl groups is 1. The number of nitrogens with one attached hydrogen (secondary N) is 1. The number of halogens is 3. The zero-order valence-electron chi connectivity index (χ0n) is 16.8. The van der Waals surface area contributed by atoms with E-state index in [0.717, 1.165) is 21.9 Å². The smallest absolute Gasteiger partial charge is 0.333 e. The van der Waals surface area contributed by atoms with Crippen LogP contribution in [0.15, 0.2) is 41.3 Å². The highest BCUT2D eigenvalue weighted by Crippen LogP contribution is 2.44. The summed E-state index contributed by atoms with van der Waals surface area (Å²) in [6, 6.07) is 7.18. The maximum atomic E-state index is 14.8.